The van der Waals surface area contributed by atoms with Crippen LogP contribution in [-0.4, -0.2) is 26.8 Å². The zero-order valence-electron chi connectivity index (χ0n) is 15.8. The molecule has 0 saturated carbocycles. The molecule has 7 nitrogen and oxygen atoms in total. The smallest absolute Gasteiger partial charge is 0.243 e. The summed E-state index contributed by atoms with van der Waals surface area (Å²) in [6, 6.07) is 16.0. The minimum Gasteiger partial charge on any atom is -0.490 e. The Bertz CT molecular complexity index is 835. The normalized spacial score (nSPS) is 10.6. The third-order valence-corrected chi connectivity index (χ3v) is 3.99. The quantitative estimate of drug-likeness (QED) is 0.589. The summed E-state index contributed by atoms with van der Waals surface area (Å²) in [7, 11) is 0. The van der Waals surface area contributed by atoms with Crippen LogP contribution in [0.15, 0.2) is 48.5 Å². The predicted molar refractivity (Wildman–Crippen MR) is 104 cm³/mol. The number of benzene rings is 2. The third-order valence-electron chi connectivity index (χ3n) is 3.99. The maximum absolute atomic E-state index is 6.13. The highest BCUT2D eigenvalue weighted by molar-refractivity contribution is 5.48. The van der Waals surface area contributed by atoms with Crippen LogP contribution in [0.5, 0.6) is 11.5 Å². The van der Waals surface area contributed by atoms with Gasteiger partial charge in [-0.3, -0.25) is 0 Å². The summed E-state index contributed by atoms with van der Waals surface area (Å²) in [4.78, 5) is 0. The minimum atomic E-state index is 0.478. The second kappa shape index (κ2) is 9.56. The van der Waals surface area contributed by atoms with Crippen LogP contribution in [0.2, 0.25) is 0 Å². The molecule has 0 amide bonds. The van der Waals surface area contributed by atoms with E-state index >= 15 is 0 Å². The number of tetrazole rings is 1. The molecule has 27 heavy (non-hydrogen) atoms. The average Bonchev–Trinajstić information content (AvgIpc) is 3.14. The number of para-hydroxylation sites is 1. The zero-order valence-corrected chi connectivity index (χ0v) is 15.8. The number of hydrogen-bond donors (Lipinski definition) is 1. The molecule has 3 rings (SSSR count). The molecule has 0 aliphatic rings. The molecule has 0 aliphatic heterocycles. The van der Waals surface area contributed by atoms with E-state index in [1.807, 2.05) is 55.5 Å². The molecule has 0 atom stereocenters. The highest BCUT2D eigenvalue weighted by Gasteiger charge is 2.13. The van der Waals surface area contributed by atoms with E-state index in [2.05, 4.69) is 27.8 Å². The van der Waals surface area contributed by atoms with E-state index in [1.54, 1.807) is 4.68 Å². The van der Waals surface area contributed by atoms with E-state index in [9.17, 15) is 0 Å². The highest BCUT2D eigenvalue weighted by Crippen LogP contribution is 2.32. The van der Waals surface area contributed by atoms with E-state index in [1.165, 1.54) is 0 Å². The van der Waals surface area contributed by atoms with Gasteiger partial charge in [-0.25, -0.2) is 4.68 Å². The zero-order chi connectivity index (χ0) is 18.9. The van der Waals surface area contributed by atoms with Crippen molar-refractivity contribution in [2.75, 3.05) is 11.9 Å². The van der Waals surface area contributed by atoms with Gasteiger partial charge in [-0.05, 0) is 35.4 Å². The van der Waals surface area contributed by atoms with Crippen molar-refractivity contribution in [1.82, 2.24) is 20.2 Å². The van der Waals surface area contributed by atoms with Crippen molar-refractivity contribution >= 4 is 5.95 Å². The third kappa shape index (κ3) is 4.97. The Hall–Kier alpha value is -3.09. The molecule has 2 aromatic carbocycles. The first-order chi connectivity index (χ1) is 13.3. The fourth-order valence-electron chi connectivity index (χ4n) is 2.73. The fraction of sp³-hybridized carbons (Fsp3) is 0.350. The topological polar surface area (TPSA) is 74.1 Å². The highest BCUT2D eigenvalue weighted by atomic mass is 16.5. The lowest BCUT2D eigenvalue weighted by atomic mass is 10.1. The molecule has 3 aromatic rings. The molecule has 0 fully saturated rings. The van der Waals surface area contributed by atoms with Gasteiger partial charge in [0.05, 0.1) is 6.61 Å². The van der Waals surface area contributed by atoms with Gasteiger partial charge < -0.3 is 14.8 Å². The Morgan fingerprint density at radius 3 is 2.63 bits per heavy atom. The van der Waals surface area contributed by atoms with Gasteiger partial charge in [-0.2, -0.15) is 0 Å². The number of nitrogens with one attached hydrogen (secondary N) is 1. The molecule has 0 saturated heterocycles. The van der Waals surface area contributed by atoms with Crippen molar-refractivity contribution < 1.29 is 9.47 Å². The summed E-state index contributed by atoms with van der Waals surface area (Å²) in [6.45, 7) is 6.41. The monoisotopic (exact) mass is 367 g/mol. The number of aromatic nitrogens is 4. The van der Waals surface area contributed by atoms with Crippen LogP contribution in [0.25, 0.3) is 0 Å². The lowest BCUT2D eigenvalue weighted by molar-refractivity contribution is 0.267. The molecule has 1 aromatic heterocycles. The van der Waals surface area contributed by atoms with Crippen LogP contribution in [0.1, 0.15) is 31.4 Å². The standard InChI is InChI=1S/C20H25N5O2/c1-3-13-25-20(22-23-24-25)21-14-17-11-8-12-18(26-4-2)19(17)27-15-16-9-6-5-7-10-16/h5-12H,3-4,13-15H2,1-2H3,(H,21,22,24). The Morgan fingerprint density at radius 2 is 1.85 bits per heavy atom. The maximum atomic E-state index is 6.13. The molecule has 0 spiro atoms. The molecule has 0 aliphatic carbocycles. The SMILES string of the molecule is CCCn1nnnc1NCc1cccc(OCC)c1OCc1ccccc1. The molecule has 0 radical (unpaired) electrons. The van der Waals surface area contributed by atoms with Crippen molar-refractivity contribution in [3.63, 3.8) is 0 Å². The molecule has 1 heterocycles. The molecule has 1 N–H and O–H groups in total. The number of anilines is 1. The Balaban J connectivity index is 1.76. The molecular formula is C20H25N5O2. The minimum absolute atomic E-state index is 0.478. The van der Waals surface area contributed by atoms with E-state index in [4.69, 9.17) is 9.47 Å². The molecular weight excluding hydrogens is 342 g/mol. The molecule has 0 bridgehead atoms. The van der Waals surface area contributed by atoms with Crippen molar-refractivity contribution in [1.29, 1.82) is 0 Å². The van der Waals surface area contributed by atoms with E-state index in [0.29, 0.717) is 25.7 Å². The summed E-state index contributed by atoms with van der Waals surface area (Å²) in [6.07, 6.45) is 0.963. The number of ether oxygens (including phenoxy) is 2. The van der Waals surface area contributed by atoms with Crippen LogP contribution in [-0.2, 0) is 19.7 Å². The molecule has 0 unspecified atom stereocenters. The van der Waals surface area contributed by atoms with Crippen LogP contribution in [0.4, 0.5) is 5.95 Å². The molecule has 142 valence electrons. The second-order valence-corrected chi connectivity index (χ2v) is 6.03. The van der Waals surface area contributed by atoms with Crippen LogP contribution in [0, 0.1) is 0 Å². The van der Waals surface area contributed by atoms with Gasteiger partial charge in [0.1, 0.15) is 6.61 Å². The van der Waals surface area contributed by atoms with E-state index in [-0.39, 0.29) is 0 Å². The average molecular weight is 367 g/mol. The Morgan fingerprint density at radius 1 is 1.00 bits per heavy atom. The summed E-state index contributed by atoms with van der Waals surface area (Å²) in [5, 5.41) is 15.1. The maximum Gasteiger partial charge on any atom is 0.243 e. The van der Waals surface area contributed by atoms with Gasteiger partial charge in [0.2, 0.25) is 5.95 Å². The first-order valence-corrected chi connectivity index (χ1v) is 9.23. The summed E-state index contributed by atoms with van der Waals surface area (Å²) < 4.78 is 13.7. The van der Waals surface area contributed by atoms with Crippen LogP contribution in [0.3, 0.4) is 0 Å². The Labute approximate surface area is 159 Å². The van der Waals surface area contributed by atoms with Crippen molar-refractivity contribution in [3.05, 3.63) is 59.7 Å². The van der Waals surface area contributed by atoms with Crippen molar-refractivity contribution in [2.45, 2.75) is 40.0 Å². The van der Waals surface area contributed by atoms with Crippen LogP contribution < -0.4 is 14.8 Å². The van der Waals surface area contributed by atoms with Gasteiger partial charge in [0.15, 0.2) is 11.5 Å². The van der Waals surface area contributed by atoms with Gasteiger partial charge in [-0.15, -0.1) is 0 Å². The second-order valence-electron chi connectivity index (χ2n) is 6.03. The first kappa shape index (κ1) is 18.7. The Kier molecular flexibility index (Phi) is 6.62. The lowest BCUT2D eigenvalue weighted by Crippen LogP contribution is -2.10. The van der Waals surface area contributed by atoms with E-state index in [0.717, 1.165) is 35.6 Å². The van der Waals surface area contributed by atoms with Gasteiger partial charge in [0.25, 0.3) is 0 Å². The lowest BCUT2D eigenvalue weighted by Gasteiger charge is -2.16. The number of nitrogens with zero attached hydrogens (tertiary/aromatic N) is 4. The van der Waals surface area contributed by atoms with Gasteiger partial charge >= 0.3 is 0 Å². The molecule has 7 heteroatoms. The summed E-state index contributed by atoms with van der Waals surface area (Å²) in [5.74, 6) is 2.12. The van der Waals surface area contributed by atoms with E-state index < -0.39 is 0 Å². The number of rotatable bonds is 10. The largest absolute Gasteiger partial charge is 0.490 e. The first-order valence-electron chi connectivity index (χ1n) is 9.23. The summed E-state index contributed by atoms with van der Waals surface area (Å²) in [5.41, 5.74) is 2.09. The van der Waals surface area contributed by atoms with Gasteiger partial charge in [-0.1, -0.05) is 54.5 Å². The van der Waals surface area contributed by atoms with Crippen molar-refractivity contribution in [3.8, 4) is 11.5 Å². The van der Waals surface area contributed by atoms with Crippen LogP contribution >= 0.6 is 0 Å². The summed E-state index contributed by atoms with van der Waals surface area (Å²) >= 11 is 0. The number of aryl methyl sites for hydroxylation is 1. The van der Waals surface area contributed by atoms with Crippen molar-refractivity contribution in [2.24, 2.45) is 0 Å². The number of hydrogen-bond acceptors (Lipinski definition) is 6. The fourth-order valence-corrected chi connectivity index (χ4v) is 2.73. The predicted octanol–water partition coefficient (Wildman–Crippen LogP) is 3.67. The van der Waals surface area contributed by atoms with Gasteiger partial charge in [0, 0.05) is 18.7 Å².